The van der Waals surface area contributed by atoms with Crippen molar-refractivity contribution in [1.82, 2.24) is 9.97 Å². The summed E-state index contributed by atoms with van der Waals surface area (Å²) >= 11 is 0. The molecule has 48 heavy (non-hydrogen) atoms. The molecule has 4 nitrogen and oxygen atoms in total. The fourth-order valence-electron chi connectivity index (χ4n) is 6.70. The fraction of sp³-hybridized carbons (Fsp3) is 0.0909. The van der Waals surface area contributed by atoms with Gasteiger partial charge in [0.25, 0.3) is 0 Å². The average molecular weight is 623 g/mol. The smallest absolute Gasteiger partial charge is 0.178 e. The molecule has 8 rings (SSSR count). The Labute approximate surface area is 280 Å². The summed E-state index contributed by atoms with van der Waals surface area (Å²) in [6.45, 7) is 10.5. The molecule has 1 aliphatic rings. The molecule has 0 saturated heterocycles. The number of rotatable bonds is 6. The van der Waals surface area contributed by atoms with E-state index in [0.717, 1.165) is 84.1 Å². The van der Waals surface area contributed by atoms with E-state index in [1.807, 2.05) is 61.5 Å². The molecule has 0 aliphatic carbocycles. The van der Waals surface area contributed by atoms with E-state index in [9.17, 15) is 0 Å². The predicted octanol–water partition coefficient (Wildman–Crippen LogP) is 12.0. The minimum absolute atomic E-state index is 0.311. The van der Waals surface area contributed by atoms with Crippen LogP contribution in [0, 0.1) is 0 Å². The van der Waals surface area contributed by atoms with Gasteiger partial charge in [0.2, 0.25) is 0 Å². The average Bonchev–Trinajstić information content (AvgIpc) is 3.50. The molecule has 0 radical (unpaired) electrons. The van der Waals surface area contributed by atoms with Gasteiger partial charge in [0.1, 0.15) is 11.5 Å². The predicted molar refractivity (Wildman–Crippen MR) is 197 cm³/mol. The van der Waals surface area contributed by atoms with Gasteiger partial charge in [-0.05, 0) is 48.4 Å². The van der Waals surface area contributed by atoms with Crippen LogP contribution in [0.15, 0.2) is 138 Å². The molecule has 7 aromatic rings. The van der Waals surface area contributed by atoms with E-state index in [2.05, 4.69) is 105 Å². The molecule has 0 bridgehead atoms. The first-order chi connectivity index (χ1) is 23.4. The van der Waals surface area contributed by atoms with Crippen LogP contribution in [0.5, 0.6) is 11.5 Å². The number of benzene rings is 5. The maximum atomic E-state index is 6.61. The first-order valence-electron chi connectivity index (χ1n) is 16.2. The van der Waals surface area contributed by atoms with Gasteiger partial charge < -0.3 is 9.15 Å². The molecule has 2 aromatic heterocycles. The second-order valence-corrected chi connectivity index (χ2v) is 12.6. The molecule has 0 N–H and O–H groups in total. The Hall–Kier alpha value is -6.00. The normalized spacial score (nSPS) is 13.2. The van der Waals surface area contributed by atoms with Gasteiger partial charge in [-0.25, -0.2) is 9.97 Å². The Balaban J connectivity index is 1.15. The Morgan fingerprint density at radius 1 is 0.646 bits per heavy atom. The molecule has 0 spiro atoms. The lowest BCUT2D eigenvalue weighted by molar-refractivity contribution is 0.413. The van der Waals surface area contributed by atoms with Crippen molar-refractivity contribution in [2.75, 3.05) is 0 Å². The lowest BCUT2D eigenvalue weighted by Crippen LogP contribution is -2.24. The van der Waals surface area contributed by atoms with Gasteiger partial charge in [0, 0.05) is 44.2 Å². The van der Waals surface area contributed by atoms with Crippen LogP contribution in [-0.4, -0.2) is 9.97 Å². The first kappa shape index (κ1) is 29.4. The highest BCUT2D eigenvalue weighted by Crippen LogP contribution is 2.52. The van der Waals surface area contributed by atoms with Crippen LogP contribution >= 0.6 is 0 Å². The van der Waals surface area contributed by atoms with Crippen LogP contribution in [-0.2, 0) is 5.41 Å². The second-order valence-electron chi connectivity index (χ2n) is 12.6. The summed E-state index contributed by atoms with van der Waals surface area (Å²) in [7, 11) is 0. The molecule has 0 saturated carbocycles. The summed E-state index contributed by atoms with van der Waals surface area (Å²) in [5.74, 6) is 3.09. The van der Waals surface area contributed by atoms with E-state index in [1.165, 1.54) is 0 Å². The summed E-state index contributed by atoms with van der Waals surface area (Å²) in [5.41, 5.74) is 10.7. The van der Waals surface area contributed by atoms with Crippen molar-refractivity contribution in [3.63, 3.8) is 0 Å². The van der Waals surface area contributed by atoms with Gasteiger partial charge in [-0.2, -0.15) is 0 Å². The number of nitrogens with zero attached hydrogens (tertiary/aromatic N) is 2. The highest BCUT2D eigenvalue weighted by molar-refractivity contribution is 5.96. The van der Waals surface area contributed by atoms with Crippen molar-refractivity contribution in [3.8, 4) is 56.5 Å². The summed E-state index contributed by atoms with van der Waals surface area (Å²) in [4.78, 5) is 10.00. The lowest BCUT2D eigenvalue weighted by atomic mass is 9.74. The van der Waals surface area contributed by atoms with Crippen molar-refractivity contribution in [1.29, 1.82) is 0 Å². The van der Waals surface area contributed by atoms with Crippen molar-refractivity contribution in [3.05, 3.63) is 156 Å². The largest absolute Gasteiger partial charge is 0.453 e. The molecule has 1 aliphatic heterocycles. The van der Waals surface area contributed by atoms with E-state index < -0.39 is 0 Å². The van der Waals surface area contributed by atoms with E-state index in [4.69, 9.17) is 19.1 Å². The van der Waals surface area contributed by atoms with Crippen LogP contribution in [0.1, 0.15) is 43.2 Å². The third kappa shape index (κ3) is 4.94. The molecule has 0 fully saturated rings. The molecular formula is C44H34N2O2. The van der Waals surface area contributed by atoms with Crippen LogP contribution in [0.2, 0.25) is 0 Å². The van der Waals surface area contributed by atoms with E-state index >= 15 is 0 Å². The van der Waals surface area contributed by atoms with Gasteiger partial charge in [-0.1, -0.05) is 130 Å². The number of hydrogen-bond acceptors (Lipinski definition) is 4. The Bertz CT molecular complexity index is 2290. The van der Waals surface area contributed by atoms with Gasteiger partial charge in [0.15, 0.2) is 17.2 Å². The SMILES string of the molecule is C=Cc1c(/C=C\C)oc2c3c(ccc12)C(C)(C)c1cc(-c2ccc(-c4nc(-c5ccccc5)cc(-c5ccccc5)n4)cc2)ccc1O3. The third-order valence-corrected chi connectivity index (χ3v) is 9.28. The zero-order valence-electron chi connectivity index (χ0n) is 27.2. The molecule has 4 heteroatoms. The zero-order chi connectivity index (χ0) is 32.8. The number of aromatic nitrogens is 2. The minimum Gasteiger partial charge on any atom is -0.453 e. The Morgan fingerprint density at radius 2 is 1.27 bits per heavy atom. The summed E-state index contributed by atoms with van der Waals surface area (Å²) in [5, 5.41) is 1.00. The number of fused-ring (bicyclic) bond motifs is 4. The second kappa shape index (κ2) is 11.7. The van der Waals surface area contributed by atoms with Gasteiger partial charge >= 0.3 is 0 Å². The van der Waals surface area contributed by atoms with Gasteiger partial charge in [-0.15, -0.1) is 0 Å². The number of allylic oxidation sites excluding steroid dienone is 1. The van der Waals surface area contributed by atoms with Crippen LogP contribution in [0.3, 0.4) is 0 Å². The minimum atomic E-state index is -0.311. The maximum absolute atomic E-state index is 6.61. The molecule has 5 aromatic carbocycles. The quantitative estimate of drug-likeness (QED) is 0.185. The van der Waals surface area contributed by atoms with E-state index in [0.29, 0.717) is 5.82 Å². The standard InChI is InChI=1S/C44H34N2O2/c1-5-13-39-33(6-2)34-23-24-35-42(41(34)47-39)48-40-25-22-32(26-36(40)44(35,3)4)28-18-20-31(21-19-28)43-45-37(29-14-9-7-10-15-29)27-38(46-43)30-16-11-8-12-17-30/h5-27H,2H2,1,3-4H3/b13-5-. The van der Waals surface area contributed by atoms with E-state index in [-0.39, 0.29) is 5.41 Å². The Kier molecular flexibility index (Phi) is 7.14. The van der Waals surface area contributed by atoms with Crippen molar-refractivity contribution >= 4 is 23.1 Å². The first-order valence-corrected chi connectivity index (χ1v) is 16.2. The van der Waals surface area contributed by atoms with Crippen LogP contribution < -0.4 is 4.74 Å². The summed E-state index contributed by atoms with van der Waals surface area (Å²) in [6.07, 6.45) is 5.79. The van der Waals surface area contributed by atoms with Gasteiger partial charge in [-0.3, -0.25) is 0 Å². The topological polar surface area (TPSA) is 48.2 Å². The van der Waals surface area contributed by atoms with E-state index in [1.54, 1.807) is 0 Å². The number of hydrogen-bond donors (Lipinski definition) is 0. The molecule has 232 valence electrons. The third-order valence-electron chi connectivity index (χ3n) is 9.28. The van der Waals surface area contributed by atoms with Crippen molar-refractivity contribution in [2.24, 2.45) is 0 Å². The highest BCUT2D eigenvalue weighted by atomic mass is 16.5. The molecule has 0 atom stereocenters. The summed E-state index contributed by atoms with van der Waals surface area (Å²) < 4.78 is 13.0. The Morgan fingerprint density at radius 3 is 1.90 bits per heavy atom. The van der Waals surface area contributed by atoms with Gasteiger partial charge in [0.05, 0.1) is 11.4 Å². The molecule has 3 heterocycles. The van der Waals surface area contributed by atoms with Crippen molar-refractivity contribution < 1.29 is 9.15 Å². The molecule has 0 amide bonds. The fourth-order valence-corrected chi connectivity index (χ4v) is 6.70. The monoisotopic (exact) mass is 622 g/mol. The maximum Gasteiger partial charge on any atom is 0.178 e. The summed E-state index contributed by atoms with van der Waals surface area (Å²) in [6, 6.07) is 41.8. The van der Waals surface area contributed by atoms with Crippen molar-refractivity contribution in [2.45, 2.75) is 26.2 Å². The lowest BCUT2D eigenvalue weighted by Gasteiger charge is -2.34. The highest BCUT2D eigenvalue weighted by Gasteiger charge is 2.36. The van der Waals surface area contributed by atoms with Crippen LogP contribution in [0.4, 0.5) is 0 Å². The molecule has 0 unspecified atom stereocenters. The zero-order valence-corrected chi connectivity index (χ0v) is 27.2. The molecular weight excluding hydrogens is 588 g/mol. The number of ether oxygens (including phenoxy) is 1. The number of furan rings is 1. The van der Waals surface area contributed by atoms with Crippen LogP contribution in [0.25, 0.3) is 68.2 Å².